The van der Waals surface area contributed by atoms with Crippen molar-refractivity contribution in [2.45, 2.75) is 6.92 Å². The normalized spacial score (nSPS) is 10.0. The minimum Gasteiger partial charge on any atom is -0.465 e. The molecule has 0 unspecified atom stereocenters. The molecule has 0 aliphatic heterocycles. The van der Waals surface area contributed by atoms with Gasteiger partial charge < -0.3 is 4.74 Å². The van der Waals surface area contributed by atoms with Crippen LogP contribution in [-0.4, -0.2) is 18.9 Å². The Morgan fingerprint density at radius 3 is 2.26 bits per heavy atom. The molecule has 3 heteroatoms. The Morgan fingerprint density at radius 1 is 1.00 bits per heavy atom. The molecule has 19 heavy (non-hydrogen) atoms. The molecule has 0 radical (unpaired) electrons. The first kappa shape index (κ1) is 13.0. The first-order chi connectivity index (χ1) is 9.13. The molecule has 0 atom stereocenters. The van der Waals surface area contributed by atoms with E-state index in [4.69, 9.17) is 4.74 Å². The highest BCUT2D eigenvalue weighted by atomic mass is 16.5. The molecule has 96 valence electrons. The smallest absolute Gasteiger partial charge is 0.338 e. The highest BCUT2D eigenvalue weighted by Crippen LogP contribution is 2.25. The van der Waals surface area contributed by atoms with E-state index in [-0.39, 0.29) is 5.78 Å². The zero-order valence-corrected chi connectivity index (χ0v) is 10.8. The third-order valence-electron chi connectivity index (χ3n) is 2.92. The van der Waals surface area contributed by atoms with Gasteiger partial charge in [-0.2, -0.15) is 0 Å². The van der Waals surface area contributed by atoms with Crippen LogP contribution in [0, 0.1) is 0 Å². The standard InChI is InChI=1S/C16H14O3/c1-11(17)13-8-9-14(12-6-4-3-5-7-12)15(10-13)16(18)19-2/h3-10H,1-2H3. The Kier molecular flexibility index (Phi) is 3.76. The average molecular weight is 254 g/mol. The van der Waals surface area contributed by atoms with Crippen molar-refractivity contribution < 1.29 is 14.3 Å². The summed E-state index contributed by atoms with van der Waals surface area (Å²) in [7, 11) is 1.33. The first-order valence-electron chi connectivity index (χ1n) is 5.92. The summed E-state index contributed by atoms with van der Waals surface area (Å²) in [5.41, 5.74) is 2.58. The third kappa shape index (κ3) is 2.71. The highest BCUT2D eigenvalue weighted by Gasteiger charge is 2.15. The maximum atomic E-state index is 11.8. The fourth-order valence-electron chi connectivity index (χ4n) is 1.91. The molecule has 2 aromatic rings. The van der Waals surface area contributed by atoms with Gasteiger partial charge in [0.15, 0.2) is 5.78 Å². The summed E-state index contributed by atoms with van der Waals surface area (Å²) in [5, 5.41) is 0. The van der Waals surface area contributed by atoms with Crippen LogP contribution >= 0.6 is 0 Å². The van der Waals surface area contributed by atoms with E-state index in [0.29, 0.717) is 11.1 Å². The molecule has 0 aliphatic carbocycles. The van der Waals surface area contributed by atoms with Crippen LogP contribution in [0.25, 0.3) is 11.1 Å². The van der Waals surface area contributed by atoms with E-state index in [0.717, 1.165) is 11.1 Å². The number of ether oxygens (including phenoxy) is 1. The molecule has 2 rings (SSSR count). The Labute approximate surface area is 111 Å². The van der Waals surface area contributed by atoms with Crippen molar-refractivity contribution in [3.63, 3.8) is 0 Å². The lowest BCUT2D eigenvalue weighted by molar-refractivity contribution is 0.0601. The molecular formula is C16H14O3. The number of carbonyl (C=O) groups excluding carboxylic acids is 2. The van der Waals surface area contributed by atoms with E-state index in [1.54, 1.807) is 18.2 Å². The minimum atomic E-state index is -0.443. The predicted octanol–water partition coefficient (Wildman–Crippen LogP) is 3.34. The van der Waals surface area contributed by atoms with Gasteiger partial charge in [-0.25, -0.2) is 4.79 Å². The lowest BCUT2D eigenvalue weighted by Gasteiger charge is -2.09. The van der Waals surface area contributed by atoms with E-state index >= 15 is 0 Å². The van der Waals surface area contributed by atoms with Gasteiger partial charge in [0.05, 0.1) is 12.7 Å². The second-order valence-corrected chi connectivity index (χ2v) is 4.17. The fraction of sp³-hybridized carbons (Fsp3) is 0.125. The Hall–Kier alpha value is -2.42. The van der Waals surface area contributed by atoms with E-state index in [1.807, 2.05) is 30.3 Å². The van der Waals surface area contributed by atoms with Crippen LogP contribution in [-0.2, 0) is 4.74 Å². The van der Waals surface area contributed by atoms with Crippen LogP contribution in [0.3, 0.4) is 0 Å². The van der Waals surface area contributed by atoms with Crippen LogP contribution in [0.1, 0.15) is 27.6 Å². The lowest BCUT2D eigenvalue weighted by Crippen LogP contribution is -2.06. The van der Waals surface area contributed by atoms with Gasteiger partial charge in [-0.1, -0.05) is 42.5 Å². The largest absolute Gasteiger partial charge is 0.465 e. The summed E-state index contributed by atoms with van der Waals surface area (Å²) in [4.78, 5) is 23.3. The summed E-state index contributed by atoms with van der Waals surface area (Å²) in [6.07, 6.45) is 0. The van der Waals surface area contributed by atoms with Gasteiger partial charge >= 0.3 is 5.97 Å². The highest BCUT2D eigenvalue weighted by molar-refractivity contribution is 6.02. The molecular weight excluding hydrogens is 240 g/mol. The number of Topliss-reactive ketones (excluding diaryl/α,β-unsaturated/α-hetero) is 1. The molecule has 0 N–H and O–H groups in total. The van der Waals surface area contributed by atoms with Crippen molar-refractivity contribution in [1.82, 2.24) is 0 Å². The molecule has 0 fully saturated rings. The van der Waals surface area contributed by atoms with Gasteiger partial charge in [0.2, 0.25) is 0 Å². The second kappa shape index (κ2) is 5.48. The van der Waals surface area contributed by atoms with Crippen molar-refractivity contribution in [3.05, 3.63) is 59.7 Å². The second-order valence-electron chi connectivity index (χ2n) is 4.17. The topological polar surface area (TPSA) is 43.4 Å². The average Bonchev–Trinajstić information content (AvgIpc) is 2.46. The quantitative estimate of drug-likeness (QED) is 0.623. The van der Waals surface area contributed by atoms with E-state index < -0.39 is 5.97 Å². The summed E-state index contributed by atoms with van der Waals surface area (Å²) in [5.74, 6) is -0.522. The van der Waals surface area contributed by atoms with Gasteiger partial charge in [-0.05, 0) is 24.1 Å². The molecule has 0 aromatic heterocycles. The predicted molar refractivity (Wildman–Crippen MR) is 73.2 cm³/mol. The van der Waals surface area contributed by atoms with Crippen LogP contribution in [0.2, 0.25) is 0 Å². The zero-order valence-electron chi connectivity index (χ0n) is 10.8. The molecule has 2 aromatic carbocycles. The maximum absolute atomic E-state index is 11.8. The van der Waals surface area contributed by atoms with Crippen molar-refractivity contribution in [2.24, 2.45) is 0 Å². The monoisotopic (exact) mass is 254 g/mol. The number of rotatable bonds is 3. The molecule has 0 amide bonds. The van der Waals surface area contributed by atoms with Crippen LogP contribution in [0.5, 0.6) is 0 Å². The molecule has 0 saturated heterocycles. The van der Waals surface area contributed by atoms with Gasteiger partial charge in [0, 0.05) is 5.56 Å². The molecule has 0 saturated carbocycles. The minimum absolute atomic E-state index is 0.0789. The van der Waals surface area contributed by atoms with Gasteiger partial charge in [-0.3, -0.25) is 4.79 Å². The SMILES string of the molecule is COC(=O)c1cc(C(C)=O)ccc1-c1ccccc1. The fourth-order valence-corrected chi connectivity index (χ4v) is 1.91. The van der Waals surface area contributed by atoms with E-state index in [1.165, 1.54) is 14.0 Å². The Balaban J connectivity index is 2.61. The number of carbonyl (C=O) groups is 2. The molecule has 0 aliphatic rings. The van der Waals surface area contributed by atoms with Crippen LogP contribution < -0.4 is 0 Å². The Bertz CT molecular complexity index is 615. The van der Waals surface area contributed by atoms with Crippen molar-refractivity contribution in [1.29, 1.82) is 0 Å². The molecule has 0 bridgehead atoms. The number of esters is 1. The summed E-state index contributed by atoms with van der Waals surface area (Å²) < 4.78 is 4.78. The number of hydrogen-bond donors (Lipinski definition) is 0. The maximum Gasteiger partial charge on any atom is 0.338 e. The number of benzene rings is 2. The summed E-state index contributed by atoms with van der Waals surface area (Å²) in [6.45, 7) is 1.47. The lowest BCUT2D eigenvalue weighted by atomic mass is 9.96. The molecule has 0 heterocycles. The van der Waals surface area contributed by atoms with Crippen LogP contribution in [0.15, 0.2) is 48.5 Å². The van der Waals surface area contributed by atoms with Gasteiger partial charge in [0.25, 0.3) is 0 Å². The Morgan fingerprint density at radius 2 is 1.68 bits per heavy atom. The van der Waals surface area contributed by atoms with E-state index in [9.17, 15) is 9.59 Å². The number of methoxy groups -OCH3 is 1. The summed E-state index contributed by atoms with van der Waals surface area (Å²) in [6, 6.07) is 14.6. The van der Waals surface area contributed by atoms with Crippen molar-refractivity contribution in [3.8, 4) is 11.1 Å². The van der Waals surface area contributed by atoms with Gasteiger partial charge in [0.1, 0.15) is 0 Å². The third-order valence-corrected chi connectivity index (χ3v) is 2.92. The van der Waals surface area contributed by atoms with E-state index in [2.05, 4.69) is 0 Å². The van der Waals surface area contributed by atoms with Crippen molar-refractivity contribution in [2.75, 3.05) is 7.11 Å². The first-order valence-corrected chi connectivity index (χ1v) is 5.92. The molecule has 3 nitrogen and oxygen atoms in total. The number of hydrogen-bond acceptors (Lipinski definition) is 3. The summed E-state index contributed by atoms with van der Waals surface area (Å²) >= 11 is 0. The zero-order chi connectivity index (χ0) is 13.8. The van der Waals surface area contributed by atoms with Gasteiger partial charge in [-0.15, -0.1) is 0 Å². The van der Waals surface area contributed by atoms with Crippen molar-refractivity contribution >= 4 is 11.8 Å². The van der Waals surface area contributed by atoms with Crippen LogP contribution in [0.4, 0.5) is 0 Å². The molecule has 0 spiro atoms. The number of ketones is 1.